The minimum Gasteiger partial charge on any atom is -0.493 e. The molecule has 0 fully saturated rings. The van der Waals surface area contributed by atoms with E-state index in [4.69, 9.17) is 15.2 Å². The lowest BCUT2D eigenvalue weighted by Crippen LogP contribution is -2.38. The smallest absolute Gasteiger partial charge is 0.189 e. The highest BCUT2D eigenvalue weighted by Crippen LogP contribution is 2.31. The monoisotopic (exact) mass is 419 g/mol. The summed E-state index contributed by atoms with van der Waals surface area (Å²) < 4.78 is 10.8. The molecule has 0 saturated heterocycles. The summed E-state index contributed by atoms with van der Waals surface area (Å²) in [5.41, 5.74) is 7.14. The highest BCUT2D eigenvalue weighted by atomic mass is 127. The highest BCUT2D eigenvalue weighted by Gasteiger charge is 2.22. The number of methoxy groups -OCH3 is 1. The topological polar surface area (TPSA) is 68.9 Å². The summed E-state index contributed by atoms with van der Waals surface area (Å²) in [7, 11) is 1.70. The van der Waals surface area contributed by atoms with Crippen LogP contribution >= 0.6 is 24.0 Å². The van der Waals surface area contributed by atoms with E-state index >= 15 is 0 Å². The molecule has 6 heteroatoms. The second-order valence-corrected chi connectivity index (χ2v) is 6.17. The van der Waals surface area contributed by atoms with Gasteiger partial charge in [0, 0.05) is 24.5 Å². The maximum Gasteiger partial charge on any atom is 0.189 e. The zero-order valence-electron chi connectivity index (χ0n) is 13.5. The molecular formula is C16H26IN3O2. The van der Waals surface area contributed by atoms with Crippen molar-refractivity contribution in [3.05, 3.63) is 29.8 Å². The van der Waals surface area contributed by atoms with E-state index in [9.17, 15) is 0 Å². The Kier molecular flexibility index (Phi) is 7.41. The maximum absolute atomic E-state index is 6.02. The standard InChI is InChI=1S/C16H25N3O2.HI/c1-16(2,11-20-3)10-18-15(17)19-13-8-9-21-14-7-5-4-6-12(13)14;/h4-7,13H,8-11H2,1-3H3,(H3,17,18,19);1H. The van der Waals surface area contributed by atoms with Gasteiger partial charge in [-0.1, -0.05) is 32.0 Å². The maximum atomic E-state index is 6.02. The number of hydrogen-bond donors (Lipinski definition) is 2. The molecule has 0 aliphatic carbocycles. The van der Waals surface area contributed by atoms with Gasteiger partial charge in [0.05, 0.1) is 25.8 Å². The fourth-order valence-electron chi connectivity index (χ4n) is 2.45. The minimum absolute atomic E-state index is 0. The third kappa shape index (κ3) is 5.31. The van der Waals surface area contributed by atoms with Crippen LogP contribution in [-0.4, -0.2) is 32.8 Å². The van der Waals surface area contributed by atoms with Crippen LogP contribution in [-0.2, 0) is 4.74 Å². The first-order chi connectivity index (χ1) is 10.0. The molecule has 5 nitrogen and oxygen atoms in total. The van der Waals surface area contributed by atoms with E-state index < -0.39 is 0 Å². The number of nitrogens with two attached hydrogens (primary N) is 1. The van der Waals surface area contributed by atoms with Crippen LogP contribution in [0, 0.1) is 5.41 Å². The molecule has 1 atom stereocenters. The van der Waals surface area contributed by atoms with E-state index in [1.54, 1.807) is 7.11 Å². The van der Waals surface area contributed by atoms with Gasteiger partial charge in [-0.25, -0.2) is 0 Å². The average Bonchev–Trinajstić information content (AvgIpc) is 2.46. The molecule has 1 unspecified atom stereocenters. The number of hydrogen-bond acceptors (Lipinski definition) is 3. The Morgan fingerprint density at radius 3 is 2.91 bits per heavy atom. The summed E-state index contributed by atoms with van der Waals surface area (Å²) in [6.07, 6.45) is 0.884. The normalized spacial score (nSPS) is 18.0. The molecule has 1 aromatic carbocycles. The second kappa shape index (κ2) is 8.57. The molecule has 2 rings (SSSR count). The Morgan fingerprint density at radius 1 is 1.45 bits per heavy atom. The lowest BCUT2D eigenvalue weighted by Gasteiger charge is -2.27. The van der Waals surface area contributed by atoms with Gasteiger partial charge in [0.1, 0.15) is 5.75 Å². The molecule has 0 bridgehead atoms. The Hall–Kier alpha value is -1.02. The van der Waals surface area contributed by atoms with Crippen molar-refractivity contribution in [2.75, 3.05) is 26.9 Å². The van der Waals surface area contributed by atoms with Crippen molar-refractivity contribution in [1.29, 1.82) is 0 Å². The number of aliphatic imine (C=N–C) groups is 1. The fourth-order valence-corrected chi connectivity index (χ4v) is 2.45. The molecule has 1 aromatic rings. The Bertz CT molecular complexity index is 506. The van der Waals surface area contributed by atoms with Crippen molar-refractivity contribution >= 4 is 29.9 Å². The Morgan fingerprint density at radius 2 is 2.18 bits per heavy atom. The fraction of sp³-hybridized carbons (Fsp3) is 0.562. The van der Waals surface area contributed by atoms with Crippen LogP contribution in [0.4, 0.5) is 0 Å². The van der Waals surface area contributed by atoms with Crippen LogP contribution in [0.5, 0.6) is 5.75 Å². The zero-order chi connectivity index (χ0) is 15.3. The van der Waals surface area contributed by atoms with Gasteiger partial charge in [0.2, 0.25) is 0 Å². The molecule has 1 aliphatic heterocycles. The van der Waals surface area contributed by atoms with Crippen molar-refractivity contribution in [3.63, 3.8) is 0 Å². The molecule has 0 aromatic heterocycles. The van der Waals surface area contributed by atoms with Crippen molar-refractivity contribution in [1.82, 2.24) is 5.32 Å². The number of ether oxygens (including phenoxy) is 2. The quantitative estimate of drug-likeness (QED) is 0.438. The molecule has 0 spiro atoms. The molecule has 22 heavy (non-hydrogen) atoms. The number of nitrogens with zero attached hydrogens (tertiary/aromatic N) is 1. The van der Waals surface area contributed by atoms with Crippen LogP contribution < -0.4 is 15.8 Å². The first-order valence-electron chi connectivity index (χ1n) is 7.29. The lowest BCUT2D eigenvalue weighted by atomic mass is 9.95. The Labute approximate surface area is 149 Å². The van der Waals surface area contributed by atoms with Gasteiger partial charge in [0.25, 0.3) is 0 Å². The molecule has 3 N–H and O–H groups in total. The van der Waals surface area contributed by atoms with Crippen LogP contribution in [0.2, 0.25) is 0 Å². The van der Waals surface area contributed by atoms with Crippen molar-refractivity contribution in [2.24, 2.45) is 16.1 Å². The number of halogens is 1. The van der Waals surface area contributed by atoms with Crippen molar-refractivity contribution in [3.8, 4) is 5.75 Å². The molecule has 0 amide bonds. The summed E-state index contributed by atoms with van der Waals surface area (Å²) in [4.78, 5) is 4.44. The number of guanidine groups is 1. The largest absolute Gasteiger partial charge is 0.493 e. The third-order valence-corrected chi connectivity index (χ3v) is 3.49. The molecule has 0 saturated carbocycles. The molecule has 1 aliphatic rings. The highest BCUT2D eigenvalue weighted by molar-refractivity contribution is 14.0. The van der Waals surface area contributed by atoms with Gasteiger partial charge >= 0.3 is 0 Å². The summed E-state index contributed by atoms with van der Waals surface area (Å²) in [5.74, 6) is 1.40. The SMILES string of the molecule is COCC(C)(C)CN=C(N)NC1CCOc2ccccc21.I. The number of nitrogens with one attached hydrogen (secondary N) is 1. The van der Waals surface area contributed by atoms with E-state index in [0.717, 1.165) is 17.7 Å². The van der Waals surface area contributed by atoms with Gasteiger partial charge in [-0.3, -0.25) is 4.99 Å². The van der Waals surface area contributed by atoms with Crippen molar-refractivity contribution < 1.29 is 9.47 Å². The number of para-hydroxylation sites is 1. The van der Waals surface area contributed by atoms with Crippen LogP contribution in [0.1, 0.15) is 31.9 Å². The van der Waals surface area contributed by atoms with Gasteiger partial charge in [-0.2, -0.15) is 0 Å². The molecular weight excluding hydrogens is 393 g/mol. The summed E-state index contributed by atoms with van der Waals surface area (Å²) in [5, 5.41) is 3.30. The first-order valence-corrected chi connectivity index (χ1v) is 7.29. The van der Waals surface area contributed by atoms with Crippen LogP contribution in [0.3, 0.4) is 0 Å². The summed E-state index contributed by atoms with van der Waals surface area (Å²) in [6, 6.07) is 8.19. The number of fused-ring (bicyclic) bond motifs is 1. The number of rotatable bonds is 5. The molecule has 124 valence electrons. The van der Waals surface area contributed by atoms with E-state index in [2.05, 4.69) is 30.2 Å². The predicted molar refractivity (Wildman–Crippen MR) is 100.0 cm³/mol. The second-order valence-electron chi connectivity index (χ2n) is 6.17. The van der Waals surface area contributed by atoms with Crippen LogP contribution in [0.15, 0.2) is 29.3 Å². The van der Waals surface area contributed by atoms with Gasteiger partial charge in [0.15, 0.2) is 5.96 Å². The average molecular weight is 419 g/mol. The number of benzene rings is 1. The van der Waals surface area contributed by atoms with E-state index in [1.165, 1.54) is 0 Å². The minimum atomic E-state index is -0.0192. The predicted octanol–water partition coefficient (Wildman–Crippen LogP) is 2.71. The lowest BCUT2D eigenvalue weighted by molar-refractivity contribution is 0.110. The van der Waals surface area contributed by atoms with E-state index in [-0.39, 0.29) is 35.4 Å². The summed E-state index contributed by atoms with van der Waals surface area (Å²) in [6.45, 7) is 6.19. The Balaban J connectivity index is 0.00000242. The third-order valence-electron chi connectivity index (χ3n) is 3.49. The van der Waals surface area contributed by atoms with E-state index in [0.29, 0.717) is 25.7 Å². The van der Waals surface area contributed by atoms with Gasteiger partial charge in [-0.05, 0) is 6.07 Å². The van der Waals surface area contributed by atoms with Gasteiger partial charge < -0.3 is 20.5 Å². The molecule has 1 heterocycles. The van der Waals surface area contributed by atoms with Crippen molar-refractivity contribution in [2.45, 2.75) is 26.3 Å². The summed E-state index contributed by atoms with van der Waals surface area (Å²) >= 11 is 0. The van der Waals surface area contributed by atoms with Gasteiger partial charge in [-0.15, -0.1) is 24.0 Å². The zero-order valence-corrected chi connectivity index (χ0v) is 15.8. The molecule has 0 radical (unpaired) electrons. The first kappa shape index (κ1) is 19.0. The van der Waals surface area contributed by atoms with E-state index in [1.807, 2.05) is 18.2 Å². The van der Waals surface area contributed by atoms with Crippen LogP contribution in [0.25, 0.3) is 0 Å².